The van der Waals surface area contributed by atoms with Gasteiger partial charge in [-0.3, -0.25) is 14.3 Å². The third-order valence-corrected chi connectivity index (χ3v) is 5.97. The number of nitrogens with zero attached hydrogens (tertiary/aromatic N) is 1. The molecule has 26 heavy (non-hydrogen) atoms. The van der Waals surface area contributed by atoms with Gasteiger partial charge in [-0.2, -0.15) is 0 Å². The van der Waals surface area contributed by atoms with Crippen molar-refractivity contribution in [3.05, 3.63) is 59.7 Å². The molecule has 0 saturated carbocycles. The number of amides is 1. The monoisotopic (exact) mass is 374 g/mol. The van der Waals surface area contributed by atoms with E-state index >= 15 is 0 Å². The van der Waals surface area contributed by atoms with Crippen LogP contribution in [-0.4, -0.2) is 33.2 Å². The van der Waals surface area contributed by atoms with E-state index in [4.69, 9.17) is 9.94 Å². The highest BCUT2D eigenvalue weighted by Gasteiger charge is 2.30. The van der Waals surface area contributed by atoms with Gasteiger partial charge in [-0.1, -0.05) is 6.07 Å². The van der Waals surface area contributed by atoms with E-state index < -0.39 is 15.9 Å². The van der Waals surface area contributed by atoms with Gasteiger partial charge >= 0.3 is 0 Å². The fourth-order valence-corrected chi connectivity index (χ4v) is 4.33. The van der Waals surface area contributed by atoms with Crippen molar-refractivity contribution >= 4 is 27.7 Å². The van der Waals surface area contributed by atoms with Crippen molar-refractivity contribution in [2.45, 2.75) is 11.3 Å². The summed E-state index contributed by atoms with van der Waals surface area (Å²) in [6, 6.07) is 11.6. The zero-order valence-electron chi connectivity index (χ0n) is 14.0. The lowest BCUT2D eigenvalue weighted by Crippen LogP contribution is -2.29. The molecule has 8 heteroatoms. The molecule has 7 nitrogen and oxygen atoms in total. The largest absolute Gasteiger partial charge is 0.497 e. The number of ether oxygens (including phenoxy) is 1. The van der Waals surface area contributed by atoms with Crippen LogP contribution in [-0.2, 0) is 21.2 Å². The Morgan fingerprint density at radius 3 is 2.62 bits per heavy atom. The number of nitrogens with one attached hydrogen (secondary N) is 1. The van der Waals surface area contributed by atoms with Crippen LogP contribution in [0.5, 0.6) is 5.75 Å². The number of hydroxylamine groups is 1. The minimum atomic E-state index is -3.66. The Morgan fingerprint density at radius 1 is 1.23 bits per heavy atom. The number of rotatable bonds is 5. The number of carbonyl (C=O) groups is 1. The lowest BCUT2D eigenvalue weighted by atomic mass is 10.1. The average Bonchev–Trinajstić information content (AvgIpc) is 3.10. The molecule has 3 rings (SSSR count). The Morgan fingerprint density at radius 2 is 1.96 bits per heavy atom. The Bertz CT molecular complexity index is 952. The average molecular weight is 374 g/mol. The lowest BCUT2D eigenvalue weighted by Gasteiger charge is -2.19. The van der Waals surface area contributed by atoms with Crippen molar-refractivity contribution in [2.75, 3.05) is 18.0 Å². The quantitative estimate of drug-likeness (QED) is 0.474. The van der Waals surface area contributed by atoms with Crippen LogP contribution < -0.4 is 14.5 Å². The van der Waals surface area contributed by atoms with Crippen molar-refractivity contribution in [2.24, 2.45) is 0 Å². The van der Waals surface area contributed by atoms with Gasteiger partial charge in [0, 0.05) is 12.6 Å². The first-order valence-electron chi connectivity index (χ1n) is 7.87. The first-order chi connectivity index (χ1) is 12.5. The van der Waals surface area contributed by atoms with Crippen molar-refractivity contribution in [3.8, 4) is 5.75 Å². The Hall–Kier alpha value is -2.84. The third kappa shape index (κ3) is 3.42. The highest BCUT2D eigenvalue weighted by Crippen LogP contribution is 2.34. The summed E-state index contributed by atoms with van der Waals surface area (Å²) >= 11 is 0. The van der Waals surface area contributed by atoms with Gasteiger partial charge in [-0.05, 0) is 60.0 Å². The second-order valence-corrected chi connectivity index (χ2v) is 7.56. The predicted molar refractivity (Wildman–Crippen MR) is 96.6 cm³/mol. The van der Waals surface area contributed by atoms with Crippen LogP contribution >= 0.6 is 0 Å². The van der Waals surface area contributed by atoms with Gasteiger partial charge in [-0.25, -0.2) is 13.9 Å². The molecule has 2 aromatic rings. The van der Waals surface area contributed by atoms with Crippen LogP contribution in [0.15, 0.2) is 53.4 Å². The molecular weight excluding hydrogens is 356 g/mol. The second-order valence-electron chi connectivity index (χ2n) is 5.70. The highest BCUT2D eigenvalue weighted by atomic mass is 32.2. The molecule has 1 heterocycles. The van der Waals surface area contributed by atoms with Crippen LogP contribution in [0.4, 0.5) is 5.69 Å². The number of carbonyl (C=O) groups excluding carboxylic acids is 1. The fraction of sp³-hybridized carbons (Fsp3) is 0.167. The van der Waals surface area contributed by atoms with E-state index in [0.717, 1.165) is 11.1 Å². The molecule has 2 aromatic carbocycles. The number of sulfonamides is 1. The molecule has 2 N–H and O–H groups in total. The molecule has 0 fully saturated rings. The van der Waals surface area contributed by atoms with Crippen molar-refractivity contribution in [3.63, 3.8) is 0 Å². The molecule has 0 spiro atoms. The molecule has 0 radical (unpaired) electrons. The molecule has 0 aliphatic carbocycles. The molecule has 0 unspecified atom stereocenters. The number of benzene rings is 2. The van der Waals surface area contributed by atoms with Crippen molar-refractivity contribution < 1.29 is 23.2 Å². The van der Waals surface area contributed by atoms with Crippen LogP contribution in [0.3, 0.4) is 0 Å². The Labute approximate surface area is 151 Å². The van der Waals surface area contributed by atoms with E-state index in [1.807, 2.05) is 6.07 Å². The number of hydrogen-bond donors (Lipinski definition) is 2. The topological polar surface area (TPSA) is 95.9 Å². The molecular formula is C18H18N2O5S. The number of anilines is 1. The van der Waals surface area contributed by atoms with E-state index in [1.54, 1.807) is 30.3 Å². The second kappa shape index (κ2) is 7.19. The van der Waals surface area contributed by atoms with Gasteiger partial charge in [0.1, 0.15) is 5.75 Å². The fourth-order valence-electron chi connectivity index (χ4n) is 2.83. The summed E-state index contributed by atoms with van der Waals surface area (Å²) < 4.78 is 32.3. The van der Waals surface area contributed by atoms with Gasteiger partial charge in [0.15, 0.2) is 0 Å². The summed E-state index contributed by atoms with van der Waals surface area (Å²) in [5.41, 5.74) is 3.78. The maximum Gasteiger partial charge on any atom is 0.267 e. The number of fused-ring (bicyclic) bond motifs is 1. The van der Waals surface area contributed by atoms with E-state index in [-0.39, 0.29) is 4.90 Å². The normalized spacial score (nSPS) is 13.7. The van der Waals surface area contributed by atoms with Gasteiger partial charge < -0.3 is 4.74 Å². The molecule has 0 atom stereocenters. The molecule has 136 valence electrons. The zero-order chi connectivity index (χ0) is 18.7. The molecule has 1 amide bonds. The van der Waals surface area contributed by atoms with Crippen LogP contribution in [0.25, 0.3) is 6.08 Å². The summed E-state index contributed by atoms with van der Waals surface area (Å²) in [6.45, 7) is 0.355. The van der Waals surface area contributed by atoms with E-state index in [0.29, 0.717) is 24.4 Å². The molecule has 0 bridgehead atoms. The van der Waals surface area contributed by atoms with E-state index in [2.05, 4.69) is 0 Å². The SMILES string of the molecule is COc1ccc(S(=O)(=O)N2CCc3cc(C=CC(=O)NO)ccc32)cc1. The van der Waals surface area contributed by atoms with Gasteiger partial charge in [0.2, 0.25) is 0 Å². The van der Waals surface area contributed by atoms with Crippen molar-refractivity contribution in [1.29, 1.82) is 0 Å². The molecule has 0 aromatic heterocycles. The molecule has 1 aliphatic heterocycles. The smallest absolute Gasteiger partial charge is 0.267 e. The maximum atomic E-state index is 12.9. The van der Waals surface area contributed by atoms with E-state index in [9.17, 15) is 13.2 Å². The summed E-state index contributed by atoms with van der Waals surface area (Å²) in [7, 11) is -2.13. The minimum Gasteiger partial charge on any atom is -0.497 e. The first kappa shape index (κ1) is 18.0. The summed E-state index contributed by atoms with van der Waals surface area (Å²) in [5, 5.41) is 8.50. The maximum absolute atomic E-state index is 12.9. The standard InChI is InChI=1S/C18H18N2O5S/c1-25-15-4-6-16(7-5-15)26(23,24)20-11-10-14-12-13(2-8-17(14)20)3-9-18(21)19-22/h2-9,12,22H,10-11H2,1H3,(H,19,21). The minimum absolute atomic E-state index is 0.203. The lowest BCUT2D eigenvalue weighted by molar-refractivity contribution is -0.124. The van der Waals surface area contributed by atoms with E-state index in [1.165, 1.54) is 35.1 Å². The molecule has 0 saturated heterocycles. The van der Waals surface area contributed by atoms with Crippen LogP contribution in [0, 0.1) is 0 Å². The van der Waals surface area contributed by atoms with Gasteiger partial charge in [0.25, 0.3) is 15.9 Å². The number of hydrogen-bond acceptors (Lipinski definition) is 5. The first-order valence-corrected chi connectivity index (χ1v) is 9.31. The van der Waals surface area contributed by atoms with Crippen molar-refractivity contribution in [1.82, 2.24) is 5.48 Å². The summed E-state index contributed by atoms with van der Waals surface area (Å²) in [5.74, 6) is -0.0386. The van der Waals surface area contributed by atoms with Gasteiger partial charge in [0.05, 0.1) is 17.7 Å². The zero-order valence-corrected chi connectivity index (χ0v) is 14.9. The van der Waals surface area contributed by atoms with Crippen LogP contribution in [0.1, 0.15) is 11.1 Å². The van der Waals surface area contributed by atoms with Crippen LogP contribution in [0.2, 0.25) is 0 Å². The molecule has 1 aliphatic rings. The predicted octanol–water partition coefficient (Wildman–Crippen LogP) is 1.97. The van der Waals surface area contributed by atoms with Gasteiger partial charge in [-0.15, -0.1) is 0 Å². The summed E-state index contributed by atoms with van der Waals surface area (Å²) in [6.07, 6.45) is 3.33. The highest BCUT2D eigenvalue weighted by molar-refractivity contribution is 7.92. The Balaban J connectivity index is 1.88. The summed E-state index contributed by atoms with van der Waals surface area (Å²) in [4.78, 5) is 11.3. The third-order valence-electron chi connectivity index (χ3n) is 4.14. The Kier molecular flexibility index (Phi) is 4.97. The number of methoxy groups -OCH3 is 1.